The van der Waals surface area contributed by atoms with E-state index in [0.29, 0.717) is 17.5 Å². The third kappa shape index (κ3) is 14.3. The van der Waals surface area contributed by atoms with Crippen molar-refractivity contribution in [1.82, 2.24) is 61.9 Å². The fourth-order valence-electron chi connectivity index (χ4n) is 20.5. The third-order valence-corrected chi connectivity index (χ3v) is 26.7. The molecule has 0 amide bonds. The molecule has 28 aromatic rings. The Morgan fingerprint density at radius 1 is 0.115 bits per heavy atom. The second kappa shape index (κ2) is 34.2. The van der Waals surface area contributed by atoms with Gasteiger partial charge < -0.3 is 18.3 Å². The van der Waals surface area contributed by atoms with E-state index in [1.54, 1.807) is 0 Å². The van der Waals surface area contributed by atoms with Crippen molar-refractivity contribution in [2.45, 2.75) is 0 Å². The van der Waals surface area contributed by atoms with Gasteiger partial charge in [0.15, 0.2) is 17.5 Å². The maximum Gasteiger partial charge on any atom is 0.164 e. The first-order chi connectivity index (χ1) is 69.0. The lowest BCUT2D eigenvalue weighted by Gasteiger charge is -2.15. The quantitative estimate of drug-likeness (QED) is 0.107. The molecule has 0 saturated heterocycles. The molecule has 0 saturated carbocycles. The summed E-state index contributed by atoms with van der Waals surface area (Å²) in [6.45, 7) is 0. The normalized spacial score (nSPS) is 11.6. The first-order valence-electron chi connectivity index (χ1n) is 46.9. The molecule has 0 aliphatic carbocycles. The molecule has 8 aromatic heterocycles. The summed E-state index contributed by atoms with van der Waals surface area (Å²) in [6.07, 6.45) is 0. The van der Waals surface area contributed by atoms with Gasteiger partial charge in [-0.25, -0.2) is 29.9 Å². The van der Waals surface area contributed by atoms with Gasteiger partial charge in [0.2, 0.25) is 0 Å². The molecule has 652 valence electrons. The number of hydrogen-bond donors (Lipinski definition) is 0. The number of rotatable bonds is 14. The Hall–Kier alpha value is -19.0. The topological polar surface area (TPSA) is 112 Å². The van der Waals surface area contributed by atoms with Crippen LogP contribution in [0.4, 0.5) is 0 Å². The van der Waals surface area contributed by atoms with Crippen molar-refractivity contribution in [3.05, 3.63) is 504 Å². The fourth-order valence-corrected chi connectivity index (χ4v) is 20.5. The summed E-state index contributed by atoms with van der Waals surface area (Å²) in [4.78, 5) is 30.6. The van der Waals surface area contributed by atoms with Crippen LogP contribution in [-0.4, -0.2) is 61.9 Å². The highest BCUT2D eigenvalue weighted by Gasteiger charge is 2.26. The molecule has 13 nitrogen and oxygen atoms in total. The second-order valence-corrected chi connectivity index (χ2v) is 34.9. The average molecular weight is 1780 g/mol. The number of fused-ring (bicyclic) bond motifs is 15. The maximum atomic E-state index is 5.28. The Morgan fingerprint density at radius 3 is 0.633 bits per heavy atom. The molecule has 139 heavy (non-hydrogen) atoms. The predicted octanol–water partition coefficient (Wildman–Crippen LogP) is 31.3. The molecule has 0 N–H and O–H groups in total. The molecule has 0 aliphatic rings. The molecule has 8 heterocycles. The number of imidazole rings is 3. The number of para-hydroxylation sites is 16. The molecule has 0 radical (unpaired) electrons. The van der Waals surface area contributed by atoms with Crippen LogP contribution in [0.15, 0.2) is 504 Å². The van der Waals surface area contributed by atoms with E-state index in [1.807, 2.05) is 97.1 Å². The monoisotopic (exact) mass is 1780 g/mol. The van der Waals surface area contributed by atoms with Gasteiger partial charge in [0, 0.05) is 116 Å². The molecule has 0 atom stereocenters. The number of aromatic nitrogens is 13. The molecular formula is C126H83N13. The highest BCUT2D eigenvalue weighted by atomic mass is 15.1. The number of nitrogens with zero attached hydrogens (tertiary/aromatic N) is 13. The predicted molar refractivity (Wildman–Crippen MR) is 572 cm³/mol. The fraction of sp³-hybridized carbons (Fsp3) is 0. The zero-order valence-electron chi connectivity index (χ0n) is 75.2. The van der Waals surface area contributed by atoms with Crippen LogP contribution in [0.5, 0.6) is 0 Å². The van der Waals surface area contributed by atoms with Gasteiger partial charge in [-0.3, -0.25) is 13.7 Å². The van der Waals surface area contributed by atoms with Gasteiger partial charge in [0.05, 0.1) is 77.2 Å². The molecule has 0 bridgehead atoms. The van der Waals surface area contributed by atoms with Crippen molar-refractivity contribution in [3.8, 4) is 119 Å². The van der Waals surface area contributed by atoms with Crippen LogP contribution >= 0.6 is 0 Å². The molecule has 20 aromatic carbocycles. The Kier molecular flexibility index (Phi) is 19.9. The SMILES string of the molecule is c1cc(-c2cccc(-n3c4ccccc4c4ccccc43)c2)cc(-n2c3ccccc3c3ccccc32)c1.c1ccc(-c2nc(-c3ccccc3)nc(-c3ccc(-n4c5ccccc5c5cc6c(cc54)c4ccccc4n6-c4ccccc4)cc3)n2)cc1.c1ccc(-n2c(-c3cc(-c4nc5ccccc5n4-c4ccccc4)cc(-c4nc5ccccc5n4-c4ccccc4)c3)nc3ccccc32)cc1. The van der Waals surface area contributed by atoms with Crippen LogP contribution in [-0.2, 0) is 0 Å². The first kappa shape index (κ1) is 80.8. The van der Waals surface area contributed by atoms with Crippen molar-refractivity contribution in [1.29, 1.82) is 0 Å². The van der Waals surface area contributed by atoms with Crippen molar-refractivity contribution >= 4 is 120 Å². The standard InChI is InChI=1S/C45H30N6.C45H29N5.C36H24N2/c1-4-16-34(17-5-1)49-40-25-13-10-22-37(40)46-43(49)31-28-32(44-47-38-23-11-14-26-41(38)50(44)35-18-6-2-7-19-35)30-33(29-31)45-48-39-24-12-15-27-42(39)51(45)36-20-8-3-9-21-36;1-4-14-30(15-5-1)43-46-44(31-16-6-2-7-17-31)48-45(47-43)32-24-26-34(27-25-32)50-40-23-13-11-21-36(40)38-28-41-37(29-42(38)50)35-20-10-12-22-39(35)49(41)33-18-8-3-9-19-33;1-5-19-33-29(15-1)30-16-2-6-20-34(30)37(33)27-13-9-11-25(23-27)26-12-10-14-28(24-26)38-35-21-7-3-17-31(35)32-18-4-8-22-36(32)38/h1-30H;1-29H;1-24H. The van der Waals surface area contributed by atoms with E-state index in [-0.39, 0.29) is 0 Å². The first-order valence-corrected chi connectivity index (χ1v) is 46.9. The summed E-state index contributed by atoms with van der Waals surface area (Å²) < 4.78 is 16.3. The van der Waals surface area contributed by atoms with Crippen molar-refractivity contribution < 1.29 is 0 Å². The third-order valence-electron chi connectivity index (χ3n) is 26.7. The van der Waals surface area contributed by atoms with Gasteiger partial charge in [-0.15, -0.1) is 0 Å². The van der Waals surface area contributed by atoms with Gasteiger partial charge in [-0.1, -0.05) is 303 Å². The molecular weight excluding hydrogens is 1700 g/mol. The molecule has 28 rings (SSSR count). The number of benzene rings is 20. The summed E-state index contributed by atoms with van der Waals surface area (Å²) >= 11 is 0. The van der Waals surface area contributed by atoms with Gasteiger partial charge in [-0.2, -0.15) is 0 Å². The van der Waals surface area contributed by atoms with E-state index >= 15 is 0 Å². The van der Waals surface area contributed by atoms with Crippen LogP contribution < -0.4 is 0 Å². The van der Waals surface area contributed by atoms with E-state index in [1.165, 1.54) is 104 Å². The minimum atomic E-state index is 0.641. The van der Waals surface area contributed by atoms with Gasteiger partial charge in [0.1, 0.15) is 17.5 Å². The summed E-state index contributed by atoms with van der Waals surface area (Å²) in [7, 11) is 0. The maximum absolute atomic E-state index is 5.28. The Bertz CT molecular complexity index is 8920. The summed E-state index contributed by atoms with van der Waals surface area (Å²) in [5.41, 5.74) is 31.3. The Morgan fingerprint density at radius 2 is 0.331 bits per heavy atom. The van der Waals surface area contributed by atoms with Crippen LogP contribution in [0, 0.1) is 0 Å². The molecule has 13 heteroatoms. The smallest absolute Gasteiger partial charge is 0.164 e. The summed E-state index contributed by atoms with van der Waals surface area (Å²) in [6, 6.07) is 177. The number of hydrogen-bond acceptors (Lipinski definition) is 6. The average Bonchev–Trinajstić information content (AvgIpc) is 1.55. The van der Waals surface area contributed by atoms with Crippen molar-refractivity contribution in [2.75, 3.05) is 0 Å². The van der Waals surface area contributed by atoms with Crippen LogP contribution in [0.3, 0.4) is 0 Å². The van der Waals surface area contributed by atoms with Gasteiger partial charge in [-0.05, 0) is 211 Å². The van der Waals surface area contributed by atoms with E-state index in [4.69, 9.17) is 29.9 Å². The minimum absolute atomic E-state index is 0.641. The molecule has 0 spiro atoms. The molecule has 0 aliphatic heterocycles. The lowest BCUT2D eigenvalue weighted by molar-refractivity contribution is 1.07. The summed E-state index contributed by atoms with van der Waals surface area (Å²) in [5.74, 6) is 4.47. The van der Waals surface area contributed by atoms with E-state index in [2.05, 4.69) is 438 Å². The minimum Gasteiger partial charge on any atom is -0.309 e. The van der Waals surface area contributed by atoms with Crippen LogP contribution in [0.25, 0.3) is 240 Å². The highest BCUT2D eigenvalue weighted by Crippen LogP contribution is 2.45. The zero-order valence-corrected chi connectivity index (χ0v) is 75.2. The van der Waals surface area contributed by atoms with E-state index < -0.39 is 0 Å². The van der Waals surface area contributed by atoms with Crippen LogP contribution in [0.2, 0.25) is 0 Å². The second-order valence-electron chi connectivity index (χ2n) is 34.9. The summed E-state index contributed by atoms with van der Waals surface area (Å²) in [5, 5.41) is 10.0. The Balaban J connectivity index is 0.000000109. The lowest BCUT2D eigenvalue weighted by atomic mass is 10.0. The van der Waals surface area contributed by atoms with E-state index in [9.17, 15) is 0 Å². The molecule has 0 fully saturated rings. The largest absolute Gasteiger partial charge is 0.309 e. The molecule has 0 unspecified atom stereocenters. The van der Waals surface area contributed by atoms with Crippen molar-refractivity contribution in [3.63, 3.8) is 0 Å². The highest BCUT2D eigenvalue weighted by molar-refractivity contribution is 6.19. The zero-order chi connectivity index (χ0) is 91.8. The van der Waals surface area contributed by atoms with Crippen molar-refractivity contribution in [2.24, 2.45) is 0 Å². The lowest BCUT2D eigenvalue weighted by Crippen LogP contribution is -2.02. The van der Waals surface area contributed by atoms with Gasteiger partial charge in [0.25, 0.3) is 0 Å². The van der Waals surface area contributed by atoms with E-state index in [0.717, 1.165) is 118 Å². The Labute approximate surface area is 799 Å². The van der Waals surface area contributed by atoms with Gasteiger partial charge >= 0.3 is 0 Å². The van der Waals surface area contributed by atoms with Crippen LogP contribution in [0.1, 0.15) is 0 Å².